The monoisotopic (exact) mass is 440 g/mol. The van der Waals surface area contributed by atoms with Crippen LogP contribution in [0.3, 0.4) is 0 Å². The highest BCUT2D eigenvalue weighted by Gasteiger charge is 2.14. The predicted octanol–water partition coefficient (Wildman–Crippen LogP) is 7.22. The fourth-order valence-corrected chi connectivity index (χ4v) is 4.38. The maximum absolute atomic E-state index is 12.0. The van der Waals surface area contributed by atoms with Gasteiger partial charge >= 0.3 is 0 Å². The molecule has 4 aromatic rings. The Morgan fingerprint density at radius 3 is 2.34 bits per heavy atom. The number of Topliss-reactive ketones (excluding diaryl/α,β-unsaturated/α-hetero) is 1. The van der Waals surface area contributed by atoms with Crippen molar-refractivity contribution in [3.63, 3.8) is 0 Å². The van der Waals surface area contributed by atoms with Crippen molar-refractivity contribution < 1.29 is 4.79 Å². The molecule has 1 aromatic heterocycles. The lowest BCUT2D eigenvalue weighted by Gasteiger charge is -2.10. The number of hydrogen-bond donors (Lipinski definition) is 0. The number of fused-ring (bicyclic) bond motifs is 1. The Hall–Kier alpha value is -2.27. The lowest BCUT2D eigenvalue weighted by Crippen LogP contribution is -2.00. The summed E-state index contributed by atoms with van der Waals surface area (Å²) >= 11 is 13.9. The van der Waals surface area contributed by atoms with Crippen LogP contribution in [0.1, 0.15) is 29.3 Å². The van der Waals surface area contributed by atoms with Crippen LogP contribution in [0.4, 0.5) is 0 Å². The molecule has 0 amide bonds. The Balaban J connectivity index is 1.74. The number of imidazole rings is 1. The van der Waals surface area contributed by atoms with Gasteiger partial charge in [0.15, 0.2) is 10.9 Å². The molecule has 0 fully saturated rings. The molecule has 0 saturated carbocycles. The molecule has 146 valence electrons. The van der Waals surface area contributed by atoms with E-state index in [1.165, 1.54) is 5.56 Å². The van der Waals surface area contributed by atoms with Crippen LogP contribution in [0.2, 0.25) is 10.0 Å². The second kappa shape index (κ2) is 8.62. The summed E-state index contributed by atoms with van der Waals surface area (Å²) in [6.07, 6.45) is 0.491. The standard InChI is InChI=1S/C23H18Cl2N2OS/c1-2-22(28)16-5-10-19(11-6-16)27-21-13-18(25)9-12-20(21)26-23(27)29-14-15-3-7-17(24)8-4-15/h3-13H,2,14H2,1H3. The number of benzene rings is 3. The first-order valence-corrected chi connectivity index (χ1v) is 11.0. The number of aromatic nitrogens is 2. The summed E-state index contributed by atoms with van der Waals surface area (Å²) in [6.45, 7) is 1.87. The van der Waals surface area contributed by atoms with Crippen LogP contribution in [0.15, 0.2) is 71.9 Å². The number of hydrogen-bond acceptors (Lipinski definition) is 3. The van der Waals surface area contributed by atoms with Gasteiger partial charge in [-0.3, -0.25) is 9.36 Å². The Morgan fingerprint density at radius 2 is 1.66 bits per heavy atom. The number of carbonyl (C=O) groups excluding carboxylic acids is 1. The Morgan fingerprint density at radius 1 is 0.966 bits per heavy atom. The van der Waals surface area contributed by atoms with Crippen molar-refractivity contribution in [1.29, 1.82) is 0 Å². The highest BCUT2D eigenvalue weighted by atomic mass is 35.5. The van der Waals surface area contributed by atoms with E-state index in [2.05, 4.69) is 4.57 Å². The molecular weight excluding hydrogens is 423 g/mol. The average molecular weight is 441 g/mol. The predicted molar refractivity (Wildman–Crippen MR) is 122 cm³/mol. The molecule has 0 aliphatic heterocycles. The van der Waals surface area contributed by atoms with E-state index in [0.29, 0.717) is 17.0 Å². The maximum Gasteiger partial charge on any atom is 0.174 e. The molecule has 0 N–H and O–H groups in total. The Bertz CT molecular complexity index is 1170. The van der Waals surface area contributed by atoms with Crippen LogP contribution in [-0.2, 0) is 5.75 Å². The van der Waals surface area contributed by atoms with Crippen LogP contribution in [-0.4, -0.2) is 15.3 Å². The zero-order chi connectivity index (χ0) is 20.4. The van der Waals surface area contributed by atoms with Gasteiger partial charge in [-0.2, -0.15) is 0 Å². The van der Waals surface area contributed by atoms with Gasteiger partial charge in [0.25, 0.3) is 0 Å². The molecule has 0 aliphatic carbocycles. The zero-order valence-electron chi connectivity index (χ0n) is 15.7. The van der Waals surface area contributed by atoms with Crippen LogP contribution in [0.5, 0.6) is 0 Å². The van der Waals surface area contributed by atoms with E-state index in [9.17, 15) is 4.79 Å². The lowest BCUT2D eigenvalue weighted by molar-refractivity contribution is 0.0988. The quantitative estimate of drug-likeness (QED) is 0.234. The van der Waals surface area contributed by atoms with Crippen molar-refractivity contribution in [1.82, 2.24) is 9.55 Å². The van der Waals surface area contributed by atoms with Gasteiger partial charge in [-0.25, -0.2) is 4.98 Å². The molecule has 0 saturated heterocycles. The number of rotatable bonds is 6. The molecule has 0 bridgehead atoms. The summed E-state index contributed by atoms with van der Waals surface area (Å²) in [5.41, 5.74) is 4.64. The highest BCUT2D eigenvalue weighted by molar-refractivity contribution is 7.98. The van der Waals surface area contributed by atoms with E-state index in [-0.39, 0.29) is 5.78 Å². The fraction of sp³-hybridized carbons (Fsp3) is 0.130. The van der Waals surface area contributed by atoms with Crippen molar-refractivity contribution in [2.45, 2.75) is 24.3 Å². The van der Waals surface area contributed by atoms with Gasteiger partial charge in [0, 0.05) is 33.5 Å². The number of ketones is 1. The second-order valence-corrected chi connectivity index (χ2v) is 8.42. The van der Waals surface area contributed by atoms with E-state index in [1.807, 2.05) is 73.7 Å². The minimum atomic E-state index is 0.132. The molecule has 4 rings (SSSR count). The lowest BCUT2D eigenvalue weighted by atomic mass is 10.1. The molecule has 1 heterocycles. The van der Waals surface area contributed by atoms with E-state index >= 15 is 0 Å². The number of thioether (sulfide) groups is 1. The third kappa shape index (κ3) is 4.35. The summed E-state index contributed by atoms with van der Waals surface area (Å²) in [7, 11) is 0. The molecule has 0 radical (unpaired) electrons. The minimum absolute atomic E-state index is 0.132. The molecular formula is C23H18Cl2N2OS. The van der Waals surface area contributed by atoms with Crippen molar-refractivity contribution in [3.8, 4) is 5.69 Å². The summed E-state index contributed by atoms with van der Waals surface area (Å²) in [5.74, 6) is 0.896. The van der Waals surface area contributed by atoms with Gasteiger partial charge in [0.05, 0.1) is 11.0 Å². The molecule has 0 spiro atoms. The first-order valence-electron chi connectivity index (χ1n) is 9.24. The third-order valence-electron chi connectivity index (χ3n) is 4.64. The Kier molecular flexibility index (Phi) is 5.95. The smallest absolute Gasteiger partial charge is 0.174 e. The normalized spacial score (nSPS) is 11.1. The van der Waals surface area contributed by atoms with Crippen LogP contribution < -0.4 is 0 Å². The molecule has 0 aliphatic rings. The molecule has 3 nitrogen and oxygen atoms in total. The summed E-state index contributed by atoms with van der Waals surface area (Å²) in [6, 6.07) is 21.2. The first kappa shape index (κ1) is 20.0. The van der Waals surface area contributed by atoms with Gasteiger partial charge < -0.3 is 0 Å². The molecule has 0 atom stereocenters. The van der Waals surface area contributed by atoms with E-state index in [1.54, 1.807) is 11.8 Å². The van der Waals surface area contributed by atoms with E-state index in [4.69, 9.17) is 28.2 Å². The van der Waals surface area contributed by atoms with Crippen molar-refractivity contribution in [2.24, 2.45) is 0 Å². The van der Waals surface area contributed by atoms with Gasteiger partial charge in [-0.15, -0.1) is 0 Å². The van der Waals surface area contributed by atoms with Crippen molar-refractivity contribution in [3.05, 3.63) is 87.9 Å². The molecule has 29 heavy (non-hydrogen) atoms. The van der Waals surface area contributed by atoms with Crippen molar-refractivity contribution in [2.75, 3.05) is 0 Å². The maximum atomic E-state index is 12.0. The summed E-state index contributed by atoms with van der Waals surface area (Å²) < 4.78 is 2.09. The summed E-state index contributed by atoms with van der Waals surface area (Å²) in [5, 5.41) is 2.25. The zero-order valence-corrected chi connectivity index (χ0v) is 18.1. The summed E-state index contributed by atoms with van der Waals surface area (Å²) in [4.78, 5) is 16.8. The van der Waals surface area contributed by atoms with Crippen LogP contribution in [0, 0.1) is 0 Å². The molecule has 0 unspecified atom stereocenters. The van der Waals surface area contributed by atoms with Gasteiger partial charge in [0.1, 0.15) is 0 Å². The number of nitrogens with zero attached hydrogens (tertiary/aromatic N) is 2. The van der Waals surface area contributed by atoms with E-state index in [0.717, 1.165) is 32.7 Å². The third-order valence-corrected chi connectivity index (χ3v) is 6.13. The minimum Gasteiger partial charge on any atom is -0.294 e. The largest absolute Gasteiger partial charge is 0.294 e. The van der Waals surface area contributed by atoms with Crippen LogP contribution >= 0.6 is 35.0 Å². The average Bonchev–Trinajstić information content (AvgIpc) is 3.10. The molecule has 6 heteroatoms. The highest BCUT2D eigenvalue weighted by Crippen LogP contribution is 2.31. The molecule has 3 aromatic carbocycles. The SMILES string of the molecule is CCC(=O)c1ccc(-n2c(SCc3ccc(Cl)cc3)nc3ccc(Cl)cc32)cc1. The van der Waals surface area contributed by atoms with Crippen molar-refractivity contribution >= 4 is 51.8 Å². The topological polar surface area (TPSA) is 34.9 Å². The van der Waals surface area contributed by atoms with E-state index < -0.39 is 0 Å². The number of halogens is 2. The Labute approximate surface area is 183 Å². The fourth-order valence-electron chi connectivity index (χ4n) is 3.10. The second-order valence-electron chi connectivity index (χ2n) is 6.60. The van der Waals surface area contributed by atoms with Gasteiger partial charge in [0.2, 0.25) is 0 Å². The van der Waals surface area contributed by atoms with Gasteiger partial charge in [-0.05, 0) is 60.2 Å². The van der Waals surface area contributed by atoms with Crippen LogP contribution in [0.25, 0.3) is 16.7 Å². The first-order chi connectivity index (χ1) is 14.0. The number of carbonyl (C=O) groups is 1. The van der Waals surface area contributed by atoms with Gasteiger partial charge in [-0.1, -0.05) is 54.0 Å².